The average molecular weight is 291 g/mol. The number of pyridine rings is 1. The Morgan fingerprint density at radius 1 is 1.00 bits per heavy atom. The first kappa shape index (κ1) is 12.9. The number of rotatable bonds is 2. The van der Waals surface area contributed by atoms with Gasteiger partial charge in [-0.15, -0.1) is 0 Å². The summed E-state index contributed by atoms with van der Waals surface area (Å²) in [6.45, 7) is 3.58. The molecule has 0 spiro atoms. The molecule has 1 aliphatic heterocycles. The van der Waals surface area contributed by atoms with Crippen LogP contribution in [0.1, 0.15) is 0 Å². The fraction of sp³-hybridized carbons (Fsp3) is 0.308. The monoisotopic (exact) mass is 290 g/mol. The number of halogens is 1. The highest BCUT2D eigenvalue weighted by Crippen LogP contribution is 2.21. The maximum absolute atomic E-state index is 5.92. The molecule has 3 heterocycles. The lowest BCUT2D eigenvalue weighted by atomic mass is 10.2. The van der Waals surface area contributed by atoms with Crippen molar-refractivity contribution in [2.45, 2.75) is 0 Å². The highest BCUT2D eigenvalue weighted by Gasteiger charge is 2.19. The molecule has 0 atom stereocenters. The van der Waals surface area contributed by atoms with Crippen molar-refractivity contribution in [2.24, 2.45) is 0 Å². The number of aromatic nitrogens is 3. The molecule has 1 fully saturated rings. The summed E-state index contributed by atoms with van der Waals surface area (Å²) < 4.78 is 0. The standard InChI is InChI=1S/C13H15ClN6/c14-11-9-12(18-13(15)17-11)20-7-5-19(6-8-20)10-1-3-16-4-2-10/h1-4,9H,5-8H2,(H2,15,17,18). The van der Waals surface area contributed by atoms with E-state index in [1.165, 1.54) is 5.69 Å². The number of anilines is 3. The Bertz CT molecular complexity index is 562. The van der Waals surface area contributed by atoms with Crippen LogP contribution in [0.4, 0.5) is 17.5 Å². The van der Waals surface area contributed by atoms with Crippen LogP contribution in [0.5, 0.6) is 0 Å². The van der Waals surface area contributed by atoms with Crippen LogP contribution in [0.25, 0.3) is 0 Å². The highest BCUT2D eigenvalue weighted by molar-refractivity contribution is 6.29. The Hall–Kier alpha value is -2.08. The van der Waals surface area contributed by atoms with Crippen LogP contribution in [0.2, 0.25) is 5.15 Å². The molecule has 3 rings (SSSR count). The number of nitrogen functional groups attached to an aromatic ring is 1. The summed E-state index contributed by atoms with van der Waals surface area (Å²) in [5.74, 6) is 1.00. The van der Waals surface area contributed by atoms with Gasteiger partial charge in [0.2, 0.25) is 5.95 Å². The zero-order valence-electron chi connectivity index (χ0n) is 10.9. The van der Waals surface area contributed by atoms with Crippen LogP contribution in [0.3, 0.4) is 0 Å². The minimum Gasteiger partial charge on any atom is -0.368 e. The summed E-state index contributed by atoms with van der Waals surface area (Å²) in [5, 5.41) is 0.379. The topological polar surface area (TPSA) is 71.2 Å². The van der Waals surface area contributed by atoms with Crippen molar-refractivity contribution >= 4 is 29.1 Å². The zero-order chi connectivity index (χ0) is 13.9. The first-order chi connectivity index (χ1) is 9.72. The smallest absolute Gasteiger partial charge is 0.223 e. The molecule has 0 aromatic carbocycles. The zero-order valence-corrected chi connectivity index (χ0v) is 11.7. The van der Waals surface area contributed by atoms with E-state index in [0.717, 1.165) is 32.0 Å². The van der Waals surface area contributed by atoms with Gasteiger partial charge in [0.1, 0.15) is 11.0 Å². The summed E-state index contributed by atoms with van der Waals surface area (Å²) in [4.78, 5) is 16.6. The minimum absolute atomic E-state index is 0.212. The fourth-order valence-electron chi connectivity index (χ4n) is 2.33. The van der Waals surface area contributed by atoms with E-state index in [4.69, 9.17) is 17.3 Å². The Morgan fingerprint density at radius 3 is 2.30 bits per heavy atom. The van der Waals surface area contributed by atoms with Crippen molar-refractivity contribution in [2.75, 3.05) is 41.7 Å². The van der Waals surface area contributed by atoms with Crippen molar-refractivity contribution in [1.82, 2.24) is 15.0 Å². The second kappa shape index (κ2) is 5.50. The number of nitrogens with zero attached hydrogens (tertiary/aromatic N) is 5. The van der Waals surface area contributed by atoms with Crippen LogP contribution in [-0.2, 0) is 0 Å². The summed E-state index contributed by atoms with van der Waals surface area (Å²) in [6, 6.07) is 5.80. The van der Waals surface area contributed by atoms with Crippen LogP contribution < -0.4 is 15.5 Å². The number of hydrogen-bond acceptors (Lipinski definition) is 6. The van der Waals surface area contributed by atoms with Crippen molar-refractivity contribution in [3.05, 3.63) is 35.7 Å². The number of nitrogens with two attached hydrogens (primary N) is 1. The van der Waals surface area contributed by atoms with Gasteiger partial charge in [-0.1, -0.05) is 11.6 Å². The van der Waals surface area contributed by atoms with Crippen molar-refractivity contribution < 1.29 is 0 Å². The molecular formula is C13H15ClN6. The van der Waals surface area contributed by atoms with Gasteiger partial charge in [-0.2, -0.15) is 4.98 Å². The van der Waals surface area contributed by atoms with E-state index in [1.54, 1.807) is 6.07 Å². The Morgan fingerprint density at radius 2 is 1.65 bits per heavy atom. The molecule has 20 heavy (non-hydrogen) atoms. The van der Waals surface area contributed by atoms with Gasteiger partial charge in [0.25, 0.3) is 0 Å². The van der Waals surface area contributed by atoms with Crippen LogP contribution in [0, 0.1) is 0 Å². The molecule has 1 saturated heterocycles. The molecule has 2 N–H and O–H groups in total. The largest absolute Gasteiger partial charge is 0.368 e. The summed E-state index contributed by atoms with van der Waals surface area (Å²) in [5.41, 5.74) is 6.83. The highest BCUT2D eigenvalue weighted by atomic mass is 35.5. The molecule has 0 radical (unpaired) electrons. The van der Waals surface area contributed by atoms with Crippen molar-refractivity contribution in [1.29, 1.82) is 0 Å². The second-order valence-corrected chi connectivity index (χ2v) is 4.97. The molecule has 7 heteroatoms. The van der Waals surface area contributed by atoms with Gasteiger partial charge < -0.3 is 15.5 Å². The third kappa shape index (κ3) is 2.75. The predicted octanol–water partition coefficient (Wildman–Crippen LogP) is 1.43. The Balaban J connectivity index is 1.69. The van der Waals surface area contributed by atoms with Gasteiger partial charge in [-0.05, 0) is 12.1 Å². The molecule has 2 aromatic rings. The molecule has 6 nitrogen and oxygen atoms in total. The molecular weight excluding hydrogens is 276 g/mol. The van der Waals surface area contributed by atoms with E-state index in [-0.39, 0.29) is 5.95 Å². The molecule has 0 bridgehead atoms. The van der Waals surface area contributed by atoms with E-state index in [1.807, 2.05) is 24.5 Å². The predicted molar refractivity (Wildman–Crippen MR) is 80.1 cm³/mol. The minimum atomic E-state index is 0.212. The number of hydrogen-bond donors (Lipinski definition) is 1. The van der Waals surface area contributed by atoms with E-state index in [9.17, 15) is 0 Å². The van der Waals surface area contributed by atoms with Gasteiger partial charge >= 0.3 is 0 Å². The number of piperazine rings is 1. The molecule has 0 aliphatic carbocycles. The Kier molecular flexibility index (Phi) is 3.56. The molecule has 0 amide bonds. The van der Waals surface area contributed by atoms with Gasteiger partial charge in [-0.3, -0.25) is 4.98 Å². The lowest BCUT2D eigenvalue weighted by Gasteiger charge is -2.36. The lowest BCUT2D eigenvalue weighted by molar-refractivity contribution is 0.647. The lowest BCUT2D eigenvalue weighted by Crippen LogP contribution is -2.46. The molecule has 2 aromatic heterocycles. The average Bonchev–Trinajstić information content (AvgIpc) is 2.47. The fourth-order valence-corrected chi connectivity index (χ4v) is 2.52. The first-order valence-corrected chi connectivity index (χ1v) is 6.80. The van der Waals surface area contributed by atoms with Crippen molar-refractivity contribution in [3.63, 3.8) is 0 Å². The van der Waals surface area contributed by atoms with Crippen LogP contribution >= 0.6 is 11.6 Å². The summed E-state index contributed by atoms with van der Waals surface area (Å²) in [6.07, 6.45) is 3.62. The summed E-state index contributed by atoms with van der Waals surface area (Å²) >= 11 is 5.92. The van der Waals surface area contributed by atoms with E-state index >= 15 is 0 Å². The van der Waals surface area contributed by atoms with E-state index in [2.05, 4.69) is 24.8 Å². The van der Waals surface area contributed by atoms with Crippen molar-refractivity contribution in [3.8, 4) is 0 Å². The second-order valence-electron chi connectivity index (χ2n) is 4.59. The maximum atomic E-state index is 5.92. The maximum Gasteiger partial charge on any atom is 0.223 e. The molecule has 0 unspecified atom stereocenters. The molecule has 104 valence electrons. The summed E-state index contributed by atoms with van der Waals surface area (Å²) in [7, 11) is 0. The third-order valence-electron chi connectivity index (χ3n) is 3.33. The Labute approximate surface area is 122 Å². The first-order valence-electron chi connectivity index (χ1n) is 6.42. The quantitative estimate of drug-likeness (QED) is 0.844. The van der Waals surface area contributed by atoms with E-state index < -0.39 is 0 Å². The molecule has 1 aliphatic rings. The van der Waals surface area contributed by atoms with E-state index in [0.29, 0.717) is 5.15 Å². The SMILES string of the molecule is Nc1nc(Cl)cc(N2CCN(c3ccncc3)CC2)n1. The normalized spacial score (nSPS) is 15.4. The van der Waals surface area contributed by atoms with Crippen LogP contribution in [-0.4, -0.2) is 41.1 Å². The van der Waals surface area contributed by atoms with Gasteiger partial charge in [0, 0.05) is 50.3 Å². The third-order valence-corrected chi connectivity index (χ3v) is 3.52. The van der Waals surface area contributed by atoms with Gasteiger partial charge in [0.05, 0.1) is 0 Å². The molecule has 0 saturated carbocycles. The van der Waals surface area contributed by atoms with Crippen LogP contribution in [0.15, 0.2) is 30.6 Å². The van der Waals surface area contributed by atoms with Gasteiger partial charge in [-0.25, -0.2) is 4.98 Å². The van der Waals surface area contributed by atoms with Gasteiger partial charge in [0.15, 0.2) is 0 Å².